The van der Waals surface area contributed by atoms with Gasteiger partial charge in [-0.3, -0.25) is 9.35 Å². The van der Waals surface area contributed by atoms with Crippen molar-refractivity contribution in [1.29, 1.82) is 0 Å². The monoisotopic (exact) mass is 204 g/mol. The summed E-state index contributed by atoms with van der Waals surface area (Å²) in [5.41, 5.74) is 0. The smallest absolute Gasteiger partial charge is 0.128 e. The highest BCUT2D eigenvalue weighted by Crippen LogP contribution is 2.19. The summed E-state index contributed by atoms with van der Waals surface area (Å²) in [6, 6.07) is 0. The molecule has 0 heterocycles. The van der Waals surface area contributed by atoms with Crippen LogP contribution in [0.1, 0.15) is 0 Å². The Hall–Kier alpha value is 0.354. The van der Waals surface area contributed by atoms with Crippen LogP contribution >= 0.6 is 0 Å². The van der Waals surface area contributed by atoms with E-state index in [0.717, 1.165) is 0 Å². The van der Waals surface area contributed by atoms with Crippen LogP contribution in [0.4, 0.5) is 0 Å². The summed E-state index contributed by atoms with van der Waals surface area (Å²) in [4.78, 5) is 0. The van der Waals surface area contributed by atoms with Gasteiger partial charge < -0.3 is 0 Å². The predicted octanol–water partition coefficient (Wildman–Crippen LogP) is 2.43. The van der Waals surface area contributed by atoms with Crippen molar-refractivity contribution in [1.82, 2.24) is 9.35 Å². The van der Waals surface area contributed by atoms with Crippen molar-refractivity contribution in [2.24, 2.45) is 0 Å². The largest absolute Gasteiger partial charge is 0.284 e. The Morgan fingerprint density at radius 1 is 0.667 bits per heavy atom. The van der Waals surface area contributed by atoms with Crippen LogP contribution in [0.25, 0.3) is 0 Å². The van der Waals surface area contributed by atoms with E-state index in [-0.39, 0.29) is 0 Å². The fourth-order valence-electron chi connectivity index (χ4n) is 2.21. The molecule has 74 valence electrons. The van der Waals surface area contributed by atoms with Crippen LogP contribution in [-0.4, -0.2) is 39.9 Å². The molecule has 0 aromatic carbocycles. The molecule has 0 rings (SSSR count). The standard InChI is InChI=1S/C8H24N2Si2/c1-9(2)10(11(3,4)5)12(6,7)8/h1-8H3. The summed E-state index contributed by atoms with van der Waals surface area (Å²) < 4.78 is 2.65. The molecule has 0 aromatic heterocycles. The number of hydrazine groups is 1. The highest BCUT2D eigenvalue weighted by molar-refractivity contribution is 6.89. The van der Waals surface area contributed by atoms with Crippen molar-refractivity contribution < 1.29 is 0 Å². The Morgan fingerprint density at radius 3 is 0.917 bits per heavy atom. The average molecular weight is 204 g/mol. The van der Waals surface area contributed by atoms with Gasteiger partial charge in [0.25, 0.3) is 0 Å². The van der Waals surface area contributed by atoms with Crippen molar-refractivity contribution in [3.05, 3.63) is 0 Å². The minimum atomic E-state index is -1.16. The quantitative estimate of drug-likeness (QED) is 0.515. The van der Waals surface area contributed by atoms with Crippen LogP contribution in [0.15, 0.2) is 0 Å². The molecule has 0 unspecified atom stereocenters. The minimum Gasteiger partial charge on any atom is -0.284 e. The molecule has 0 spiro atoms. The lowest BCUT2D eigenvalue weighted by Crippen LogP contribution is -2.64. The molecule has 0 aliphatic carbocycles. The normalized spacial score (nSPS) is 14.5. The molecule has 0 fully saturated rings. The summed E-state index contributed by atoms with van der Waals surface area (Å²) in [5.74, 6) is 0. The van der Waals surface area contributed by atoms with Gasteiger partial charge in [-0.2, -0.15) is 0 Å². The lowest BCUT2D eigenvalue weighted by molar-refractivity contribution is 0.205. The predicted molar refractivity (Wildman–Crippen MR) is 62.2 cm³/mol. The summed E-state index contributed by atoms with van der Waals surface area (Å²) in [6.07, 6.45) is 0. The molecule has 0 aromatic rings. The summed E-state index contributed by atoms with van der Waals surface area (Å²) >= 11 is 0. The molecule has 0 aliphatic rings. The van der Waals surface area contributed by atoms with Gasteiger partial charge in [-0.25, -0.2) is 0 Å². The van der Waals surface area contributed by atoms with Gasteiger partial charge in [0.05, 0.1) is 0 Å². The number of nitrogens with zero attached hydrogens (tertiary/aromatic N) is 2. The molecule has 0 atom stereocenters. The molecule has 12 heavy (non-hydrogen) atoms. The van der Waals surface area contributed by atoms with Crippen molar-refractivity contribution in [3.63, 3.8) is 0 Å². The molecule has 0 saturated carbocycles. The summed E-state index contributed by atoms with van der Waals surface area (Å²) in [7, 11) is 2.00. The van der Waals surface area contributed by atoms with Crippen molar-refractivity contribution in [2.75, 3.05) is 14.1 Å². The van der Waals surface area contributed by atoms with Crippen molar-refractivity contribution in [2.45, 2.75) is 39.3 Å². The molecule has 0 aliphatic heterocycles. The summed E-state index contributed by atoms with van der Waals surface area (Å²) in [6.45, 7) is 14.4. The maximum absolute atomic E-state index is 2.65. The SMILES string of the molecule is CN(C)N([Si](C)(C)C)[Si](C)(C)C. The van der Waals surface area contributed by atoms with Gasteiger partial charge >= 0.3 is 0 Å². The van der Waals surface area contributed by atoms with Gasteiger partial charge in [-0.1, -0.05) is 39.3 Å². The van der Waals surface area contributed by atoms with Gasteiger partial charge in [0.15, 0.2) is 0 Å². The third-order valence-corrected chi connectivity index (χ3v) is 9.04. The first kappa shape index (κ1) is 12.4. The Bertz CT molecular complexity index is 130. The van der Waals surface area contributed by atoms with Crippen LogP contribution in [0.5, 0.6) is 0 Å². The van der Waals surface area contributed by atoms with Crippen LogP contribution in [0.3, 0.4) is 0 Å². The van der Waals surface area contributed by atoms with Crippen molar-refractivity contribution in [3.8, 4) is 0 Å². The zero-order valence-electron chi connectivity index (χ0n) is 9.89. The summed E-state index contributed by atoms with van der Waals surface area (Å²) in [5, 5.41) is 2.29. The van der Waals surface area contributed by atoms with Crippen LogP contribution < -0.4 is 0 Å². The van der Waals surface area contributed by atoms with Gasteiger partial charge in [-0.15, -0.1) is 0 Å². The number of hydrogen-bond donors (Lipinski definition) is 0. The second-order valence-electron chi connectivity index (χ2n) is 5.50. The Morgan fingerprint density at radius 2 is 0.917 bits per heavy atom. The van der Waals surface area contributed by atoms with E-state index < -0.39 is 16.5 Å². The van der Waals surface area contributed by atoms with E-state index in [1.165, 1.54) is 0 Å². The molecule has 0 bridgehead atoms. The second-order valence-corrected chi connectivity index (χ2v) is 15.5. The Labute approximate surface area is 79.7 Å². The number of rotatable bonds is 3. The molecule has 0 radical (unpaired) electrons. The Balaban J connectivity index is 4.70. The maximum atomic E-state index is 2.65. The maximum Gasteiger partial charge on any atom is 0.128 e. The van der Waals surface area contributed by atoms with Gasteiger partial charge in [0.2, 0.25) is 0 Å². The first-order valence-electron chi connectivity index (χ1n) is 4.54. The molecule has 0 saturated heterocycles. The van der Waals surface area contributed by atoms with Gasteiger partial charge in [0.1, 0.15) is 16.5 Å². The van der Waals surface area contributed by atoms with E-state index in [1.54, 1.807) is 0 Å². The van der Waals surface area contributed by atoms with E-state index in [0.29, 0.717) is 0 Å². The minimum absolute atomic E-state index is 1.16. The van der Waals surface area contributed by atoms with E-state index >= 15 is 0 Å². The van der Waals surface area contributed by atoms with E-state index in [2.05, 4.69) is 62.7 Å². The molecular weight excluding hydrogens is 180 g/mol. The number of hydrogen-bond acceptors (Lipinski definition) is 2. The highest BCUT2D eigenvalue weighted by atomic mass is 28.4. The second kappa shape index (κ2) is 3.61. The lowest BCUT2D eigenvalue weighted by Gasteiger charge is -2.47. The zero-order chi connectivity index (χ0) is 10.2. The molecular formula is C8H24N2Si2. The fourth-order valence-corrected chi connectivity index (χ4v) is 12.7. The van der Waals surface area contributed by atoms with Gasteiger partial charge in [0, 0.05) is 14.1 Å². The van der Waals surface area contributed by atoms with E-state index in [9.17, 15) is 0 Å². The molecule has 0 N–H and O–H groups in total. The zero-order valence-corrected chi connectivity index (χ0v) is 11.9. The lowest BCUT2D eigenvalue weighted by atomic mass is 11.2. The first-order chi connectivity index (χ1) is 5.07. The third kappa shape index (κ3) is 3.39. The van der Waals surface area contributed by atoms with Crippen LogP contribution in [0, 0.1) is 0 Å². The topological polar surface area (TPSA) is 6.48 Å². The molecule has 2 nitrogen and oxygen atoms in total. The molecule has 0 amide bonds. The third-order valence-electron chi connectivity index (χ3n) is 1.67. The van der Waals surface area contributed by atoms with Gasteiger partial charge in [-0.05, 0) is 0 Å². The van der Waals surface area contributed by atoms with E-state index in [1.807, 2.05) is 0 Å². The van der Waals surface area contributed by atoms with Crippen molar-refractivity contribution >= 4 is 16.5 Å². The Kier molecular flexibility index (Phi) is 3.72. The average Bonchev–Trinajstić information content (AvgIpc) is 1.49. The molecule has 4 heteroatoms. The van der Waals surface area contributed by atoms with Crippen LogP contribution in [0.2, 0.25) is 39.3 Å². The highest BCUT2D eigenvalue weighted by Gasteiger charge is 2.35. The van der Waals surface area contributed by atoms with E-state index in [4.69, 9.17) is 0 Å². The van der Waals surface area contributed by atoms with Crippen LogP contribution in [-0.2, 0) is 0 Å². The first-order valence-corrected chi connectivity index (χ1v) is 11.4. The fraction of sp³-hybridized carbons (Fsp3) is 1.00.